The van der Waals surface area contributed by atoms with Crippen LogP contribution in [0.1, 0.15) is 12.8 Å². The molecule has 1 aliphatic heterocycles. The number of nitrogens with zero attached hydrogens (tertiary/aromatic N) is 3. The van der Waals surface area contributed by atoms with Crippen molar-refractivity contribution in [3.8, 4) is 5.88 Å². The molecule has 2 heterocycles. The van der Waals surface area contributed by atoms with Crippen molar-refractivity contribution in [1.29, 1.82) is 0 Å². The monoisotopic (exact) mass is 342 g/mol. The number of amides is 1. The number of carboxylic acid groups (broad SMARTS) is 1. The van der Waals surface area contributed by atoms with Crippen molar-refractivity contribution in [1.82, 2.24) is 15.3 Å². The summed E-state index contributed by atoms with van der Waals surface area (Å²) >= 11 is 6.06. The second-order valence-corrected chi connectivity index (χ2v) is 6.08. The molecule has 0 unspecified atom stereocenters. The zero-order valence-corrected chi connectivity index (χ0v) is 13.3. The molecular weight excluding hydrogens is 324 g/mol. The molecule has 1 aliphatic carbocycles. The maximum atomic E-state index is 10.5. The molecule has 23 heavy (non-hydrogen) atoms. The molecule has 9 heteroatoms. The van der Waals surface area contributed by atoms with Crippen molar-refractivity contribution < 1.29 is 19.4 Å². The average molecular weight is 343 g/mol. The number of rotatable bonds is 5. The van der Waals surface area contributed by atoms with E-state index in [0.29, 0.717) is 42.7 Å². The van der Waals surface area contributed by atoms with Gasteiger partial charge in [-0.3, -0.25) is 0 Å². The SMILES string of the molecule is O=C(O)NCC1CC(Oc2cc(Cl)nc(N3CCOCC3)n2)C1. The van der Waals surface area contributed by atoms with E-state index in [1.165, 1.54) is 0 Å². The predicted octanol–water partition coefficient (Wildman–Crippen LogP) is 1.39. The third-order valence-electron chi connectivity index (χ3n) is 3.98. The molecule has 0 bridgehead atoms. The van der Waals surface area contributed by atoms with Gasteiger partial charge in [0.05, 0.1) is 13.2 Å². The third kappa shape index (κ3) is 4.35. The van der Waals surface area contributed by atoms with E-state index in [1.54, 1.807) is 6.07 Å². The lowest BCUT2D eigenvalue weighted by Gasteiger charge is -2.35. The van der Waals surface area contributed by atoms with Crippen molar-refractivity contribution in [3.05, 3.63) is 11.2 Å². The van der Waals surface area contributed by atoms with Crippen molar-refractivity contribution in [2.24, 2.45) is 5.92 Å². The van der Waals surface area contributed by atoms with Gasteiger partial charge in [0.15, 0.2) is 0 Å². The van der Waals surface area contributed by atoms with Crippen molar-refractivity contribution in [2.75, 3.05) is 37.7 Å². The van der Waals surface area contributed by atoms with E-state index in [-0.39, 0.29) is 6.10 Å². The highest BCUT2D eigenvalue weighted by Gasteiger charge is 2.31. The van der Waals surface area contributed by atoms with Crippen molar-refractivity contribution in [2.45, 2.75) is 18.9 Å². The van der Waals surface area contributed by atoms with E-state index >= 15 is 0 Å². The molecule has 2 aliphatic rings. The molecule has 0 radical (unpaired) electrons. The normalized spacial score (nSPS) is 24.0. The van der Waals surface area contributed by atoms with Gasteiger partial charge in [-0.2, -0.15) is 4.98 Å². The van der Waals surface area contributed by atoms with Crippen LogP contribution in [0, 0.1) is 5.92 Å². The number of halogens is 1. The first-order chi connectivity index (χ1) is 11.1. The van der Waals surface area contributed by atoms with Crippen LogP contribution in [0.2, 0.25) is 5.15 Å². The zero-order chi connectivity index (χ0) is 16.2. The molecule has 0 aromatic carbocycles. The van der Waals surface area contributed by atoms with Gasteiger partial charge in [0, 0.05) is 25.7 Å². The van der Waals surface area contributed by atoms with Gasteiger partial charge in [0.1, 0.15) is 11.3 Å². The van der Waals surface area contributed by atoms with Crippen LogP contribution in [0.4, 0.5) is 10.7 Å². The topological polar surface area (TPSA) is 96.8 Å². The summed E-state index contributed by atoms with van der Waals surface area (Å²) in [4.78, 5) is 21.1. The van der Waals surface area contributed by atoms with Gasteiger partial charge >= 0.3 is 6.09 Å². The number of carbonyl (C=O) groups is 1. The number of anilines is 1. The van der Waals surface area contributed by atoms with Crippen LogP contribution < -0.4 is 15.0 Å². The summed E-state index contributed by atoms with van der Waals surface area (Å²) in [5.41, 5.74) is 0. The molecule has 3 rings (SSSR count). The molecule has 2 fully saturated rings. The summed E-state index contributed by atoms with van der Waals surface area (Å²) in [6, 6.07) is 1.61. The molecule has 0 spiro atoms. The maximum Gasteiger partial charge on any atom is 0.404 e. The first-order valence-corrected chi connectivity index (χ1v) is 7.98. The van der Waals surface area contributed by atoms with Crippen molar-refractivity contribution in [3.63, 3.8) is 0 Å². The summed E-state index contributed by atoms with van der Waals surface area (Å²) in [6.07, 6.45) is 0.648. The molecule has 1 aromatic heterocycles. The number of nitrogens with one attached hydrogen (secondary N) is 1. The molecule has 8 nitrogen and oxygen atoms in total. The van der Waals surface area contributed by atoms with E-state index in [9.17, 15) is 4.79 Å². The predicted molar refractivity (Wildman–Crippen MR) is 83.2 cm³/mol. The van der Waals surface area contributed by atoms with Crippen LogP contribution in [-0.4, -0.2) is 60.1 Å². The van der Waals surface area contributed by atoms with Crippen LogP contribution in [0.25, 0.3) is 0 Å². The fourth-order valence-electron chi connectivity index (χ4n) is 2.69. The lowest BCUT2D eigenvalue weighted by Crippen LogP contribution is -2.41. The summed E-state index contributed by atoms with van der Waals surface area (Å²) < 4.78 is 11.1. The van der Waals surface area contributed by atoms with Crippen LogP contribution in [0.3, 0.4) is 0 Å². The minimum Gasteiger partial charge on any atom is -0.474 e. The van der Waals surface area contributed by atoms with Crippen LogP contribution in [-0.2, 0) is 4.74 Å². The number of morpholine rings is 1. The van der Waals surface area contributed by atoms with Gasteiger partial charge in [-0.1, -0.05) is 11.6 Å². The molecule has 1 saturated heterocycles. The molecule has 2 N–H and O–H groups in total. The highest BCUT2D eigenvalue weighted by atomic mass is 35.5. The number of aromatic nitrogens is 2. The highest BCUT2D eigenvalue weighted by molar-refractivity contribution is 6.29. The fraction of sp³-hybridized carbons (Fsp3) is 0.643. The van der Waals surface area contributed by atoms with Gasteiger partial charge in [0.2, 0.25) is 11.8 Å². The summed E-state index contributed by atoms with van der Waals surface area (Å²) in [5, 5.41) is 11.3. The Hall–Kier alpha value is -1.80. The van der Waals surface area contributed by atoms with E-state index in [0.717, 1.165) is 25.9 Å². The van der Waals surface area contributed by atoms with Gasteiger partial charge in [0.25, 0.3) is 0 Å². The van der Waals surface area contributed by atoms with E-state index in [2.05, 4.69) is 15.3 Å². The van der Waals surface area contributed by atoms with Crippen LogP contribution in [0.15, 0.2) is 6.07 Å². The minimum absolute atomic E-state index is 0.0408. The molecule has 126 valence electrons. The first-order valence-electron chi connectivity index (χ1n) is 7.61. The highest BCUT2D eigenvalue weighted by Crippen LogP contribution is 2.31. The Morgan fingerprint density at radius 2 is 2.17 bits per heavy atom. The largest absolute Gasteiger partial charge is 0.474 e. The smallest absolute Gasteiger partial charge is 0.404 e. The van der Waals surface area contributed by atoms with Gasteiger partial charge in [-0.25, -0.2) is 9.78 Å². The molecule has 1 amide bonds. The van der Waals surface area contributed by atoms with Gasteiger partial charge in [-0.15, -0.1) is 0 Å². The first kappa shape index (κ1) is 16.1. The Bertz CT molecular complexity index is 562. The van der Waals surface area contributed by atoms with E-state index < -0.39 is 6.09 Å². The van der Waals surface area contributed by atoms with Crippen LogP contribution >= 0.6 is 11.6 Å². The fourth-order valence-corrected chi connectivity index (χ4v) is 2.86. The number of ether oxygens (including phenoxy) is 2. The van der Waals surface area contributed by atoms with E-state index in [1.807, 2.05) is 4.90 Å². The number of hydrogen-bond acceptors (Lipinski definition) is 6. The van der Waals surface area contributed by atoms with Crippen LogP contribution in [0.5, 0.6) is 5.88 Å². The Kier molecular flexibility index (Phi) is 5.02. The van der Waals surface area contributed by atoms with E-state index in [4.69, 9.17) is 26.2 Å². The van der Waals surface area contributed by atoms with Crippen molar-refractivity contribution >= 4 is 23.6 Å². The molecule has 1 aromatic rings. The minimum atomic E-state index is -0.993. The quantitative estimate of drug-likeness (QED) is 0.780. The lowest BCUT2D eigenvalue weighted by atomic mass is 9.82. The molecule has 0 atom stereocenters. The Labute approximate surface area is 138 Å². The molecular formula is C14H19ClN4O4. The molecule has 1 saturated carbocycles. The van der Waals surface area contributed by atoms with Gasteiger partial charge < -0.3 is 24.8 Å². The maximum absolute atomic E-state index is 10.5. The zero-order valence-electron chi connectivity index (χ0n) is 12.6. The summed E-state index contributed by atoms with van der Waals surface area (Å²) in [5.74, 6) is 1.33. The third-order valence-corrected chi connectivity index (χ3v) is 4.17. The van der Waals surface area contributed by atoms with Gasteiger partial charge in [-0.05, 0) is 18.8 Å². The second-order valence-electron chi connectivity index (χ2n) is 5.69. The standard InChI is InChI=1S/C14H19ClN4O4/c15-11-7-12(18-13(17-11)19-1-3-22-4-2-19)23-10-5-9(6-10)8-16-14(20)21/h7,9-10,16H,1-6,8H2,(H,20,21). The Morgan fingerprint density at radius 1 is 1.43 bits per heavy atom. The average Bonchev–Trinajstić information content (AvgIpc) is 2.49. The Balaban J connectivity index is 1.54. The lowest BCUT2D eigenvalue weighted by molar-refractivity contribution is 0.0604. The number of hydrogen-bond donors (Lipinski definition) is 2. The second kappa shape index (κ2) is 7.18. The Morgan fingerprint density at radius 3 is 2.87 bits per heavy atom. The summed E-state index contributed by atoms with van der Waals surface area (Å²) in [6.45, 7) is 3.21. The summed E-state index contributed by atoms with van der Waals surface area (Å²) in [7, 11) is 0.